The maximum Gasteiger partial charge on any atom is 0.326 e. The SMILES string of the molecule is O=C(O)C[C@H](NC(=O)c1cc(O)ccc1Cl)C(=O)O. The largest absolute Gasteiger partial charge is 0.508 e. The minimum absolute atomic E-state index is 0.00904. The van der Waals surface area contributed by atoms with E-state index in [1.807, 2.05) is 5.32 Å². The molecule has 1 amide bonds. The number of phenolic OH excluding ortho intramolecular Hbond substituents is 1. The predicted molar refractivity (Wildman–Crippen MR) is 64.3 cm³/mol. The Morgan fingerprint density at radius 2 is 1.89 bits per heavy atom. The van der Waals surface area contributed by atoms with Gasteiger partial charge < -0.3 is 20.6 Å². The van der Waals surface area contributed by atoms with Crippen molar-refractivity contribution in [1.82, 2.24) is 5.32 Å². The van der Waals surface area contributed by atoms with Crippen molar-refractivity contribution in [3.05, 3.63) is 28.8 Å². The first-order valence-corrected chi connectivity index (χ1v) is 5.43. The number of carbonyl (C=O) groups excluding carboxylic acids is 1. The molecule has 0 aliphatic carbocycles. The molecule has 0 saturated carbocycles. The number of phenols is 1. The quantitative estimate of drug-likeness (QED) is 0.632. The van der Waals surface area contributed by atoms with Crippen molar-refractivity contribution in [2.24, 2.45) is 0 Å². The Morgan fingerprint density at radius 1 is 1.26 bits per heavy atom. The molecule has 0 unspecified atom stereocenters. The summed E-state index contributed by atoms with van der Waals surface area (Å²) in [5.74, 6) is -3.95. The van der Waals surface area contributed by atoms with Gasteiger partial charge in [-0.15, -0.1) is 0 Å². The van der Waals surface area contributed by atoms with Gasteiger partial charge in [0.15, 0.2) is 0 Å². The maximum absolute atomic E-state index is 11.8. The molecule has 4 N–H and O–H groups in total. The zero-order valence-corrected chi connectivity index (χ0v) is 10.2. The molecule has 1 aromatic rings. The fraction of sp³-hybridized carbons (Fsp3) is 0.182. The second-order valence-corrected chi connectivity index (χ2v) is 4.03. The van der Waals surface area contributed by atoms with Crippen LogP contribution in [0.5, 0.6) is 5.75 Å². The maximum atomic E-state index is 11.8. The fourth-order valence-electron chi connectivity index (χ4n) is 1.30. The van der Waals surface area contributed by atoms with E-state index in [1.165, 1.54) is 12.1 Å². The lowest BCUT2D eigenvalue weighted by atomic mass is 10.1. The van der Waals surface area contributed by atoms with Gasteiger partial charge in [0.05, 0.1) is 17.0 Å². The topological polar surface area (TPSA) is 124 Å². The molecule has 1 rings (SSSR count). The van der Waals surface area contributed by atoms with Crippen molar-refractivity contribution < 1.29 is 29.7 Å². The molecule has 0 fully saturated rings. The fourth-order valence-corrected chi connectivity index (χ4v) is 1.50. The number of aliphatic carboxylic acids is 2. The third-order valence-electron chi connectivity index (χ3n) is 2.18. The third-order valence-corrected chi connectivity index (χ3v) is 2.51. The highest BCUT2D eigenvalue weighted by atomic mass is 35.5. The van der Waals surface area contributed by atoms with Crippen LogP contribution in [-0.2, 0) is 9.59 Å². The second-order valence-electron chi connectivity index (χ2n) is 3.63. The van der Waals surface area contributed by atoms with Crippen molar-refractivity contribution in [3.63, 3.8) is 0 Å². The van der Waals surface area contributed by atoms with Crippen molar-refractivity contribution in [2.75, 3.05) is 0 Å². The van der Waals surface area contributed by atoms with Crippen LogP contribution in [0.2, 0.25) is 5.02 Å². The molecule has 0 heterocycles. The summed E-state index contributed by atoms with van der Waals surface area (Å²) in [7, 11) is 0. The average Bonchev–Trinajstić information content (AvgIpc) is 2.30. The van der Waals surface area contributed by atoms with E-state index in [2.05, 4.69) is 0 Å². The summed E-state index contributed by atoms with van der Waals surface area (Å²) in [5.41, 5.74) is -0.140. The number of carboxylic acids is 2. The minimum atomic E-state index is -1.58. The van der Waals surface area contributed by atoms with Gasteiger partial charge in [-0.25, -0.2) is 4.79 Å². The van der Waals surface area contributed by atoms with E-state index >= 15 is 0 Å². The molecule has 0 aliphatic rings. The Labute approximate surface area is 112 Å². The lowest BCUT2D eigenvalue weighted by molar-refractivity contribution is -0.145. The zero-order valence-electron chi connectivity index (χ0n) is 9.46. The molecule has 0 radical (unpaired) electrons. The highest BCUT2D eigenvalue weighted by molar-refractivity contribution is 6.34. The molecule has 19 heavy (non-hydrogen) atoms. The highest BCUT2D eigenvalue weighted by Gasteiger charge is 2.24. The van der Waals surface area contributed by atoms with Crippen molar-refractivity contribution >= 4 is 29.4 Å². The molecule has 102 valence electrons. The van der Waals surface area contributed by atoms with Gasteiger partial charge in [-0.3, -0.25) is 9.59 Å². The van der Waals surface area contributed by atoms with Crippen LogP contribution in [0.15, 0.2) is 18.2 Å². The van der Waals surface area contributed by atoms with Crippen LogP contribution in [0.25, 0.3) is 0 Å². The molecule has 1 atom stereocenters. The summed E-state index contributed by atoms with van der Waals surface area (Å²) >= 11 is 5.72. The first kappa shape index (κ1) is 14.8. The molecule has 0 aromatic heterocycles. The van der Waals surface area contributed by atoms with Crippen LogP contribution in [0.4, 0.5) is 0 Å². The van der Waals surface area contributed by atoms with Gasteiger partial charge in [0, 0.05) is 0 Å². The molecule has 0 bridgehead atoms. The monoisotopic (exact) mass is 287 g/mol. The molecule has 0 aliphatic heterocycles. The number of carbonyl (C=O) groups is 3. The van der Waals surface area contributed by atoms with Crippen LogP contribution < -0.4 is 5.32 Å². The van der Waals surface area contributed by atoms with E-state index in [0.717, 1.165) is 6.07 Å². The molecule has 1 aromatic carbocycles. The van der Waals surface area contributed by atoms with E-state index in [1.54, 1.807) is 0 Å². The number of hydrogen-bond acceptors (Lipinski definition) is 4. The Kier molecular flexibility index (Phi) is 4.71. The van der Waals surface area contributed by atoms with Crippen LogP contribution in [-0.4, -0.2) is 39.2 Å². The Bertz CT molecular complexity index is 530. The number of rotatable bonds is 5. The van der Waals surface area contributed by atoms with Crippen LogP contribution in [0.1, 0.15) is 16.8 Å². The van der Waals surface area contributed by atoms with Crippen LogP contribution >= 0.6 is 11.6 Å². The molecule has 0 spiro atoms. The summed E-state index contributed by atoms with van der Waals surface area (Å²) < 4.78 is 0. The number of hydrogen-bond donors (Lipinski definition) is 4. The van der Waals surface area contributed by atoms with E-state index < -0.39 is 30.3 Å². The average molecular weight is 288 g/mol. The molecule has 8 heteroatoms. The van der Waals surface area contributed by atoms with Crippen molar-refractivity contribution in [2.45, 2.75) is 12.5 Å². The number of carboxylic acid groups (broad SMARTS) is 2. The molecule has 7 nitrogen and oxygen atoms in total. The third kappa shape index (κ3) is 4.14. The Hall–Kier alpha value is -2.28. The standard InChI is InChI=1S/C11H10ClNO6/c12-7-2-1-5(14)3-6(7)10(17)13-8(11(18)19)4-9(15)16/h1-3,8,14H,4H2,(H,13,17)(H,15,16)(H,18,19)/t8-/m0/s1. The summed E-state index contributed by atoms with van der Waals surface area (Å²) in [6.07, 6.45) is -0.766. The highest BCUT2D eigenvalue weighted by Crippen LogP contribution is 2.21. The van der Waals surface area contributed by atoms with Crippen LogP contribution in [0.3, 0.4) is 0 Å². The predicted octanol–water partition coefficient (Wildman–Crippen LogP) is 0.703. The van der Waals surface area contributed by atoms with Crippen molar-refractivity contribution in [3.8, 4) is 5.75 Å². The first-order valence-electron chi connectivity index (χ1n) is 5.05. The van der Waals surface area contributed by atoms with Gasteiger partial charge in [-0.1, -0.05) is 11.6 Å². The first-order chi connectivity index (χ1) is 8.81. The molecular formula is C11H10ClNO6. The minimum Gasteiger partial charge on any atom is -0.508 e. The number of halogens is 1. The second kappa shape index (κ2) is 6.05. The van der Waals surface area contributed by atoms with Gasteiger partial charge in [-0.2, -0.15) is 0 Å². The van der Waals surface area contributed by atoms with Crippen molar-refractivity contribution in [1.29, 1.82) is 0 Å². The molecular weight excluding hydrogens is 278 g/mol. The number of nitrogens with one attached hydrogen (secondary N) is 1. The van der Waals surface area contributed by atoms with E-state index in [4.69, 9.17) is 21.8 Å². The summed E-state index contributed by atoms with van der Waals surface area (Å²) in [6, 6.07) is 1.99. The Balaban J connectivity index is 2.90. The van der Waals surface area contributed by atoms with E-state index in [0.29, 0.717) is 0 Å². The van der Waals surface area contributed by atoms with Gasteiger partial charge in [0.25, 0.3) is 5.91 Å². The number of benzene rings is 1. The zero-order chi connectivity index (χ0) is 14.6. The van der Waals surface area contributed by atoms with E-state index in [-0.39, 0.29) is 16.3 Å². The van der Waals surface area contributed by atoms with Gasteiger partial charge >= 0.3 is 11.9 Å². The Morgan fingerprint density at radius 3 is 2.42 bits per heavy atom. The normalized spacial score (nSPS) is 11.6. The van der Waals surface area contributed by atoms with Gasteiger partial charge in [0.1, 0.15) is 11.8 Å². The van der Waals surface area contributed by atoms with E-state index in [9.17, 15) is 19.5 Å². The summed E-state index contributed by atoms with van der Waals surface area (Å²) in [4.78, 5) is 33.0. The molecule has 0 saturated heterocycles. The number of aromatic hydroxyl groups is 1. The van der Waals surface area contributed by atoms with Gasteiger partial charge in [0.2, 0.25) is 0 Å². The summed E-state index contributed by atoms with van der Waals surface area (Å²) in [5, 5.41) is 28.6. The summed E-state index contributed by atoms with van der Waals surface area (Å²) in [6.45, 7) is 0. The lowest BCUT2D eigenvalue weighted by Gasteiger charge is -2.13. The lowest BCUT2D eigenvalue weighted by Crippen LogP contribution is -2.42. The smallest absolute Gasteiger partial charge is 0.326 e. The van der Waals surface area contributed by atoms with Crippen LogP contribution in [0, 0.1) is 0 Å². The number of amides is 1. The van der Waals surface area contributed by atoms with Gasteiger partial charge in [-0.05, 0) is 18.2 Å².